The molecule has 0 aliphatic rings. The second-order valence-corrected chi connectivity index (χ2v) is 11.3. The van der Waals surface area contributed by atoms with E-state index in [-0.39, 0.29) is 36.1 Å². The smallest absolute Gasteiger partial charge is 0.360 e. The Labute approximate surface area is 265 Å². The normalized spacial score (nSPS) is 12.5. The van der Waals surface area contributed by atoms with Gasteiger partial charge in [0.2, 0.25) is 11.8 Å². The number of anilines is 1. The van der Waals surface area contributed by atoms with E-state index in [0.717, 1.165) is 22.0 Å². The zero-order valence-electron chi connectivity index (χ0n) is 26.0. The number of carbonyl (C=O) groups is 3. The van der Waals surface area contributed by atoms with Crippen LogP contribution in [0.3, 0.4) is 0 Å². The van der Waals surface area contributed by atoms with Crippen molar-refractivity contribution in [3.8, 4) is 0 Å². The second-order valence-electron chi connectivity index (χ2n) is 11.3. The van der Waals surface area contributed by atoms with Gasteiger partial charge in [-0.15, -0.1) is 0 Å². The number of esters is 1. The average Bonchev–Trinajstić information content (AvgIpc) is 3.58. The predicted octanol–water partition coefficient (Wildman–Crippen LogP) is 6.21. The van der Waals surface area contributed by atoms with Crippen molar-refractivity contribution in [1.29, 1.82) is 0 Å². The summed E-state index contributed by atoms with van der Waals surface area (Å²) in [5.41, 5.74) is 4.93. The molecule has 0 aliphatic heterocycles. The minimum absolute atomic E-state index is 0.0167. The van der Waals surface area contributed by atoms with Crippen LogP contribution in [0.2, 0.25) is 0 Å². The fourth-order valence-corrected chi connectivity index (χ4v) is 5.21. The van der Waals surface area contributed by atoms with Crippen molar-refractivity contribution in [2.24, 2.45) is 18.9 Å². The van der Waals surface area contributed by atoms with Gasteiger partial charge in [0.15, 0.2) is 5.69 Å². The van der Waals surface area contributed by atoms with Gasteiger partial charge in [-0.3, -0.25) is 4.79 Å². The first-order valence-corrected chi connectivity index (χ1v) is 14.8. The zero-order chi connectivity index (χ0) is 32.8. The van der Waals surface area contributed by atoms with E-state index in [9.17, 15) is 18.8 Å². The molecule has 0 spiro atoms. The molecule has 0 saturated carbocycles. The number of hydrogen-bond donors (Lipinski definition) is 2. The third kappa shape index (κ3) is 7.26. The number of amides is 1. The lowest BCUT2D eigenvalue weighted by atomic mass is 9.94. The van der Waals surface area contributed by atoms with Crippen molar-refractivity contribution in [3.63, 3.8) is 0 Å². The molecule has 1 amide bonds. The summed E-state index contributed by atoms with van der Waals surface area (Å²) in [6.45, 7) is 5.04. The van der Waals surface area contributed by atoms with Crippen LogP contribution in [0.15, 0.2) is 89.5 Å². The van der Waals surface area contributed by atoms with E-state index in [1.165, 1.54) is 18.2 Å². The minimum atomic E-state index is -1.26. The summed E-state index contributed by atoms with van der Waals surface area (Å²) in [5, 5.41) is 3.87. The fraction of sp³-hybridized carbons (Fsp3) is 0.257. The SMILES string of the molecule is Cc1oc([C@@H](Cc2cn(C)c3ccccc23)NC(=O)[C@@H](C(=O)ONc2ccccc2F)C(C)C)nc1C(=O)OCc1ccccc1. The largest absolute Gasteiger partial charge is 0.456 e. The summed E-state index contributed by atoms with van der Waals surface area (Å²) in [6.07, 6.45) is 2.18. The Morgan fingerprint density at radius 2 is 1.67 bits per heavy atom. The number of ether oxygens (including phenoxy) is 1. The number of oxazole rings is 1. The van der Waals surface area contributed by atoms with E-state index < -0.39 is 41.5 Å². The van der Waals surface area contributed by atoms with Crippen molar-refractivity contribution in [1.82, 2.24) is 14.9 Å². The molecule has 0 saturated heterocycles. The number of hydrogen-bond acceptors (Lipinski definition) is 8. The van der Waals surface area contributed by atoms with Gasteiger partial charge in [0.1, 0.15) is 35.8 Å². The van der Waals surface area contributed by atoms with E-state index in [0.29, 0.717) is 0 Å². The highest BCUT2D eigenvalue weighted by atomic mass is 19.1. The Morgan fingerprint density at radius 1 is 0.978 bits per heavy atom. The zero-order valence-corrected chi connectivity index (χ0v) is 26.0. The summed E-state index contributed by atoms with van der Waals surface area (Å²) >= 11 is 0. The first kappa shape index (κ1) is 32.0. The molecule has 238 valence electrons. The number of aromatic nitrogens is 2. The van der Waals surface area contributed by atoms with Crippen LogP contribution in [0.5, 0.6) is 0 Å². The Bertz CT molecular complexity index is 1850. The van der Waals surface area contributed by atoms with E-state index in [1.54, 1.807) is 26.8 Å². The number of benzene rings is 3. The number of rotatable bonds is 12. The van der Waals surface area contributed by atoms with Crippen LogP contribution < -0.4 is 10.8 Å². The molecular formula is C35H35FN4O6. The highest BCUT2D eigenvalue weighted by Crippen LogP contribution is 2.28. The molecule has 2 aromatic heterocycles. The van der Waals surface area contributed by atoms with Crippen LogP contribution in [0.4, 0.5) is 10.1 Å². The monoisotopic (exact) mass is 626 g/mol. The van der Waals surface area contributed by atoms with Crippen LogP contribution in [0.1, 0.15) is 53.2 Å². The van der Waals surface area contributed by atoms with Gasteiger partial charge in [0, 0.05) is 30.6 Å². The van der Waals surface area contributed by atoms with Crippen LogP contribution in [0, 0.1) is 24.6 Å². The average molecular weight is 627 g/mol. The summed E-state index contributed by atoms with van der Waals surface area (Å²) in [4.78, 5) is 49.5. The van der Waals surface area contributed by atoms with Crippen molar-refractivity contribution in [2.45, 2.75) is 39.8 Å². The molecule has 0 fully saturated rings. The van der Waals surface area contributed by atoms with Crippen molar-refractivity contribution < 1.29 is 32.8 Å². The van der Waals surface area contributed by atoms with E-state index >= 15 is 0 Å². The quantitative estimate of drug-likeness (QED) is 0.0951. The minimum Gasteiger partial charge on any atom is -0.456 e. The number of nitrogens with one attached hydrogen (secondary N) is 2. The molecule has 0 radical (unpaired) electrons. The van der Waals surface area contributed by atoms with E-state index in [2.05, 4.69) is 15.8 Å². The summed E-state index contributed by atoms with van der Waals surface area (Å²) in [6, 6.07) is 21.9. The second kappa shape index (κ2) is 14.1. The number of carbonyl (C=O) groups excluding carboxylic acids is 3. The van der Waals surface area contributed by atoms with E-state index in [4.69, 9.17) is 14.0 Å². The molecule has 5 rings (SSSR count). The Balaban J connectivity index is 1.40. The molecule has 0 bridgehead atoms. The lowest BCUT2D eigenvalue weighted by Gasteiger charge is -2.22. The van der Waals surface area contributed by atoms with Crippen molar-refractivity contribution >= 4 is 34.4 Å². The van der Waals surface area contributed by atoms with Crippen LogP contribution >= 0.6 is 0 Å². The third-order valence-corrected chi connectivity index (χ3v) is 7.58. The van der Waals surface area contributed by atoms with E-state index in [1.807, 2.05) is 72.4 Å². The Kier molecular flexibility index (Phi) is 9.80. The summed E-state index contributed by atoms with van der Waals surface area (Å²) in [5.74, 6) is -4.28. The van der Waals surface area contributed by atoms with Gasteiger partial charge < -0.3 is 23.9 Å². The summed E-state index contributed by atoms with van der Waals surface area (Å²) in [7, 11) is 1.92. The lowest BCUT2D eigenvalue weighted by molar-refractivity contribution is -0.152. The van der Waals surface area contributed by atoms with Crippen LogP contribution in [-0.2, 0) is 39.2 Å². The van der Waals surface area contributed by atoms with Gasteiger partial charge in [-0.1, -0.05) is 74.5 Å². The molecule has 11 heteroatoms. The Morgan fingerprint density at radius 3 is 2.41 bits per heavy atom. The number of fused-ring (bicyclic) bond motifs is 1. The number of halogens is 1. The molecular weight excluding hydrogens is 591 g/mol. The van der Waals surface area contributed by atoms with Crippen molar-refractivity contribution in [3.05, 3.63) is 119 Å². The molecule has 3 aromatic carbocycles. The van der Waals surface area contributed by atoms with Gasteiger partial charge in [-0.05, 0) is 42.2 Å². The van der Waals surface area contributed by atoms with Crippen LogP contribution in [0.25, 0.3) is 10.9 Å². The number of aryl methyl sites for hydroxylation is 2. The molecule has 2 N–H and O–H groups in total. The summed E-state index contributed by atoms with van der Waals surface area (Å²) < 4.78 is 27.5. The van der Waals surface area contributed by atoms with Crippen molar-refractivity contribution in [2.75, 3.05) is 5.48 Å². The van der Waals surface area contributed by atoms with Crippen LogP contribution in [-0.4, -0.2) is 27.4 Å². The molecule has 2 atom stereocenters. The predicted molar refractivity (Wildman–Crippen MR) is 169 cm³/mol. The first-order valence-electron chi connectivity index (χ1n) is 14.8. The third-order valence-electron chi connectivity index (χ3n) is 7.58. The molecule has 5 aromatic rings. The lowest BCUT2D eigenvalue weighted by Crippen LogP contribution is -2.42. The first-order chi connectivity index (χ1) is 22.1. The van der Waals surface area contributed by atoms with Gasteiger partial charge in [-0.2, -0.15) is 0 Å². The van der Waals surface area contributed by atoms with Gasteiger partial charge >= 0.3 is 11.9 Å². The highest BCUT2D eigenvalue weighted by molar-refractivity contribution is 5.98. The fourth-order valence-electron chi connectivity index (χ4n) is 5.21. The maximum absolute atomic E-state index is 14.1. The molecule has 46 heavy (non-hydrogen) atoms. The maximum Gasteiger partial charge on any atom is 0.360 e. The molecule has 0 aliphatic carbocycles. The molecule has 0 unspecified atom stereocenters. The molecule has 10 nitrogen and oxygen atoms in total. The van der Waals surface area contributed by atoms with Gasteiger partial charge in [0.25, 0.3) is 0 Å². The highest BCUT2D eigenvalue weighted by Gasteiger charge is 2.35. The number of nitrogens with zero attached hydrogens (tertiary/aromatic N) is 2. The Hall–Kier alpha value is -5.45. The van der Waals surface area contributed by atoms with Gasteiger partial charge in [0.05, 0.1) is 0 Å². The number of para-hydroxylation sites is 2. The topological polar surface area (TPSA) is 125 Å². The maximum atomic E-state index is 14.1. The molecule has 2 heterocycles. The van der Waals surface area contributed by atoms with Gasteiger partial charge in [-0.25, -0.2) is 24.4 Å². The standard InChI is InChI=1S/C35H35FN4O6/c1-21(2)30(34(42)46-39-27-16-10-9-15-26(27)36)32(41)37-28(18-24-19-40(4)29-17-11-8-14-25(24)29)33-38-31(22(3)45-33)35(43)44-20-23-12-6-5-7-13-23/h5-17,19,21,28,30,39H,18,20H2,1-4H3,(H,37,41)/t28-,30+/m1/s1.